The SMILES string of the molecule is O=C(Cc1c[nH]c2ccccc12)Oc1ccccc1. The van der Waals surface area contributed by atoms with Gasteiger partial charge < -0.3 is 9.72 Å². The number of H-pyrrole nitrogens is 1. The fourth-order valence-electron chi connectivity index (χ4n) is 2.09. The second-order valence-electron chi connectivity index (χ2n) is 4.32. The minimum atomic E-state index is -0.254. The number of ether oxygens (including phenoxy) is 1. The Kier molecular flexibility index (Phi) is 3.02. The van der Waals surface area contributed by atoms with Crippen molar-refractivity contribution < 1.29 is 9.53 Å². The van der Waals surface area contributed by atoms with E-state index in [0.717, 1.165) is 16.5 Å². The molecular formula is C16H13NO2. The van der Waals surface area contributed by atoms with Crippen LogP contribution in [0.4, 0.5) is 0 Å². The molecule has 0 spiro atoms. The van der Waals surface area contributed by atoms with Crippen LogP contribution >= 0.6 is 0 Å². The fourth-order valence-corrected chi connectivity index (χ4v) is 2.09. The molecule has 0 bridgehead atoms. The van der Waals surface area contributed by atoms with Gasteiger partial charge in [0.2, 0.25) is 0 Å². The van der Waals surface area contributed by atoms with Crippen molar-refractivity contribution >= 4 is 16.9 Å². The number of esters is 1. The molecule has 2 aromatic carbocycles. The molecule has 0 fully saturated rings. The van der Waals surface area contributed by atoms with Gasteiger partial charge in [-0.05, 0) is 23.8 Å². The van der Waals surface area contributed by atoms with E-state index in [1.54, 1.807) is 12.1 Å². The van der Waals surface area contributed by atoms with Gasteiger partial charge in [0.15, 0.2) is 0 Å². The highest BCUT2D eigenvalue weighted by atomic mass is 16.5. The van der Waals surface area contributed by atoms with Crippen molar-refractivity contribution in [3.8, 4) is 5.75 Å². The molecule has 0 aliphatic rings. The molecule has 0 saturated heterocycles. The number of fused-ring (bicyclic) bond motifs is 1. The second-order valence-corrected chi connectivity index (χ2v) is 4.32. The predicted molar refractivity (Wildman–Crippen MR) is 74.1 cm³/mol. The van der Waals surface area contributed by atoms with Crippen molar-refractivity contribution in [1.82, 2.24) is 4.98 Å². The molecule has 1 heterocycles. The van der Waals surface area contributed by atoms with Crippen molar-refractivity contribution in [1.29, 1.82) is 0 Å². The highest BCUT2D eigenvalue weighted by Crippen LogP contribution is 2.19. The monoisotopic (exact) mass is 251 g/mol. The van der Waals surface area contributed by atoms with Crippen LogP contribution in [0.3, 0.4) is 0 Å². The molecule has 94 valence electrons. The number of nitrogens with one attached hydrogen (secondary N) is 1. The first-order valence-corrected chi connectivity index (χ1v) is 6.13. The molecule has 3 rings (SSSR count). The van der Waals surface area contributed by atoms with Crippen LogP contribution < -0.4 is 4.74 Å². The van der Waals surface area contributed by atoms with E-state index in [2.05, 4.69) is 4.98 Å². The topological polar surface area (TPSA) is 42.1 Å². The maximum Gasteiger partial charge on any atom is 0.315 e. The van der Waals surface area contributed by atoms with Gasteiger partial charge in [-0.3, -0.25) is 4.79 Å². The van der Waals surface area contributed by atoms with Crippen molar-refractivity contribution in [2.75, 3.05) is 0 Å². The summed E-state index contributed by atoms with van der Waals surface area (Å²) in [5.74, 6) is 0.322. The van der Waals surface area contributed by atoms with Crippen molar-refractivity contribution in [3.63, 3.8) is 0 Å². The first kappa shape index (κ1) is 11.5. The van der Waals surface area contributed by atoms with Gasteiger partial charge in [-0.1, -0.05) is 36.4 Å². The third kappa shape index (κ3) is 2.50. The number of carbonyl (C=O) groups excluding carboxylic acids is 1. The highest BCUT2D eigenvalue weighted by Gasteiger charge is 2.10. The van der Waals surface area contributed by atoms with Crippen LogP contribution in [0.25, 0.3) is 10.9 Å². The molecule has 0 radical (unpaired) electrons. The Morgan fingerprint density at radius 2 is 1.74 bits per heavy atom. The summed E-state index contributed by atoms with van der Waals surface area (Å²) in [5, 5.41) is 1.06. The summed E-state index contributed by atoms with van der Waals surface area (Å²) >= 11 is 0. The van der Waals surface area contributed by atoms with Crippen LogP contribution in [-0.2, 0) is 11.2 Å². The predicted octanol–water partition coefficient (Wildman–Crippen LogP) is 3.32. The quantitative estimate of drug-likeness (QED) is 0.573. The molecule has 3 nitrogen and oxygen atoms in total. The maximum atomic E-state index is 11.9. The Bertz CT molecular complexity index is 701. The fraction of sp³-hybridized carbons (Fsp3) is 0.0625. The van der Waals surface area contributed by atoms with Gasteiger partial charge in [0.25, 0.3) is 0 Å². The zero-order chi connectivity index (χ0) is 13.1. The Balaban J connectivity index is 1.76. The number of carbonyl (C=O) groups is 1. The molecule has 0 aliphatic carbocycles. The van der Waals surface area contributed by atoms with Crippen LogP contribution in [0.2, 0.25) is 0 Å². The van der Waals surface area contributed by atoms with E-state index in [-0.39, 0.29) is 12.4 Å². The average molecular weight is 251 g/mol. The summed E-state index contributed by atoms with van der Waals surface area (Å²) in [7, 11) is 0. The summed E-state index contributed by atoms with van der Waals surface area (Å²) < 4.78 is 5.28. The summed E-state index contributed by atoms with van der Waals surface area (Å²) in [6, 6.07) is 17.0. The Hall–Kier alpha value is -2.55. The molecule has 0 saturated carbocycles. The minimum absolute atomic E-state index is 0.254. The Morgan fingerprint density at radius 1 is 1.00 bits per heavy atom. The van der Waals surface area contributed by atoms with Crippen LogP contribution in [0.1, 0.15) is 5.56 Å². The van der Waals surface area contributed by atoms with E-state index < -0.39 is 0 Å². The molecule has 1 N–H and O–H groups in total. The molecule has 3 aromatic rings. The maximum absolute atomic E-state index is 11.9. The number of para-hydroxylation sites is 2. The number of aromatic nitrogens is 1. The zero-order valence-electron chi connectivity index (χ0n) is 10.3. The Morgan fingerprint density at radius 3 is 2.58 bits per heavy atom. The number of hydrogen-bond acceptors (Lipinski definition) is 2. The highest BCUT2D eigenvalue weighted by molar-refractivity contribution is 5.87. The van der Waals surface area contributed by atoms with Gasteiger partial charge in [-0.2, -0.15) is 0 Å². The lowest BCUT2D eigenvalue weighted by Gasteiger charge is -2.03. The van der Waals surface area contributed by atoms with Crippen LogP contribution in [0.15, 0.2) is 60.8 Å². The summed E-state index contributed by atoms with van der Waals surface area (Å²) in [6.07, 6.45) is 2.12. The van der Waals surface area contributed by atoms with Gasteiger partial charge in [-0.25, -0.2) is 0 Å². The summed E-state index contributed by atoms with van der Waals surface area (Å²) in [6.45, 7) is 0. The molecule has 1 aromatic heterocycles. The van der Waals surface area contributed by atoms with E-state index in [9.17, 15) is 4.79 Å². The number of benzene rings is 2. The van der Waals surface area contributed by atoms with E-state index in [0.29, 0.717) is 5.75 Å². The Labute approximate surface area is 110 Å². The van der Waals surface area contributed by atoms with Gasteiger partial charge >= 0.3 is 5.97 Å². The van der Waals surface area contributed by atoms with Crippen LogP contribution in [0.5, 0.6) is 5.75 Å². The summed E-state index contributed by atoms with van der Waals surface area (Å²) in [4.78, 5) is 15.0. The molecular weight excluding hydrogens is 238 g/mol. The van der Waals surface area contributed by atoms with E-state index in [1.165, 1.54) is 0 Å². The smallest absolute Gasteiger partial charge is 0.315 e. The molecule has 0 atom stereocenters. The van der Waals surface area contributed by atoms with Crippen molar-refractivity contribution in [2.45, 2.75) is 6.42 Å². The van der Waals surface area contributed by atoms with E-state index in [1.807, 2.05) is 48.7 Å². The largest absolute Gasteiger partial charge is 0.426 e. The van der Waals surface area contributed by atoms with E-state index in [4.69, 9.17) is 4.74 Å². The zero-order valence-corrected chi connectivity index (χ0v) is 10.3. The van der Waals surface area contributed by atoms with Crippen LogP contribution in [-0.4, -0.2) is 11.0 Å². The first-order chi connectivity index (χ1) is 9.33. The minimum Gasteiger partial charge on any atom is -0.426 e. The molecule has 0 unspecified atom stereocenters. The van der Waals surface area contributed by atoms with Crippen molar-refractivity contribution in [2.24, 2.45) is 0 Å². The van der Waals surface area contributed by atoms with Gasteiger partial charge in [0, 0.05) is 17.1 Å². The molecule has 0 aliphatic heterocycles. The molecule has 0 amide bonds. The van der Waals surface area contributed by atoms with Gasteiger partial charge in [0.05, 0.1) is 6.42 Å². The average Bonchev–Trinajstić information content (AvgIpc) is 2.83. The number of hydrogen-bond donors (Lipinski definition) is 1. The van der Waals surface area contributed by atoms with E-state index >= 15 is 0 Å². The van der Waals surface area contributed by atoms with Crippen molar-refractivity contribution in [3.05, 3.63) is 66.4 Å². The lowest BCUT2D eigenvalue weighted by molar-refractivity contribution is -0.133. The van der Waals surface area contributed by atoms with Gasteiger partial charge in [0.1, 0.15) is 5.75 Å². The lowest BCUT2D eigenvalue weighted by atomic mass is 10.1. The molecule has 3 heteroatoms. The number of rotatable bonds is 3. The lowest BCUT2D eigenvalue weighted by Crippen LogP contribution is -2.10. The number of aromatic amines is 1. The molecule has 19 heavy (non-hydrogen) atoms. The summed E-state index contributed by atoms with van der Waals surface area (Å²) in [5.41, 5.74) is 1.99. The third-order valence-corrected chi connectivity index (χ3v) is 2.98. The standard InChI is InChI=1S/C16H13NO2/c18-16(19-13-6-2-1-3-7-13)10-12-11-17-15-9-5-4-8-14(12)15/h1-9,11,17H,10H2. The van der Waals surface area contributed by atoms with Gasteiger partial charge in [-0.15, -0.1) is 0 Å². The second kappa shape index (κ2) is 4.98. The third-order valence-electron chi connectivity index (χ3n) is 2.98. The first-order valence-electron chi connectivity index (χ1n) is 6.13. The normalized spacial score (nSPS) is 10.5. The van der Waals surface area contributed by atoms with Crippen LogP contribution in [0, 0.1) is 0 Å².